The molecule has 3 rings (SSSR count). The van der Waals surface area contributed by atoms with Crippen molar-refractivity contribution in [1.29, 1.82) is 0 Å². The van der Waals surface area contributed by atoms with Crippen LogP contribution in [0.1, 0.15) is 56.2 Å². The summed E-state index contributed by atoms with van der Waals surface area (Å²) in [7, 11) is 0. The second-order valence-corrected chi connectivity index (χ2v) is 6.32. The van der Waals surface area contributed by atoms with Crippen molar-refractivity contribution in [3.63, 3.8) is 0 Å². The fourth-order valence-corrected chi connectivity index (χ4v) is 3.59. The lowest BCUT2D eigenvalue weighted by atomic mass is 9.94. The molecule has 1 fully saturated rings. The van der Waals surface area contributed by atoms with Crippen molar-refractivity contribution < 1.29 is 0 Å². The molecule has 0 saturated heterocycles. The van der Waals surface area contributed by atoms with Gasteiger partial charge < -0.3 is 5.32 Å². The standard InChI is InChI=1S/C15H22ClN3/c16-12-7-4-5-9-14(12)19-15-11-6-2-1-3-8-13(11)17-10-18-15/h10,12,14H,1-9H2,(H,17,18,19). The van der Waals surface area contributed by atoms with Gasteiger partial charge in [0.25, 0.3) is 0 Å². The molecule has 2 unspecified atom stereocenters. The number of halogens is 1. The van der Waals surface area contributed by atoms with Crippen molar-refractivity contribution in [2.24, 2.45) is 0 Å². The van der Waals surface area contributed by atoms with Gasteiger partial charge in [0.1, 0.15) is 12.1 Å². The molecule has 2 aliphatic rings. The summed E-state index contributed by atoms with van der Waals surface area (Å²) < 4.78 is 0. The predicted octanol–water partition coefficient (Wildman–Crippen LogP) is 3.71. The second-order valence-electron chi connectivity index (χ2n) is 5.76. The Morgan fingerprint density at radius 3 is 2.74 bits per heavy atom. The maximum absolute atomic E-state index is 6.44. The number of fused-ring (bicyclic) bond motifs is 1. The molecule has 4 heteroatoms. The van der Waals surface area contributed by atoms with Gasteiger partial charge in [0.05, 0.1) is 5.38 Å². The summed E-state index contributed by atoms with van der Waals surface area (Å²) in [6.45, 7) is 0. The van der Waals surface area contributed by atoms with Crippen molar-refractivity contribution in [1.82, 2.24) is 9.97 Å². The molecule has 0 spiro atoms. The van der Waals surface area contributed by atoms with Gasteiger partial charge >= 0.3 is 0 Å². The summed E-state index contributed by atoms with van der Waals surface area (Å²) in [5, 5.41) is 3.84. The van der Waals surface area contributed by atoms with Crippen molar-refractivity contribution in [2.45, 2.75) is 69.2 Å². The smallest absolute Gasteiger partial charge is 0.133 e. The van der Waals surface area contributed by atoms with Crippen LogP contribution < -0.4 is 5.32 Å². The molecule has 3 nitrogen and oxygen atoms in total. The Hall–Kier alpha value is -0.830. The average Bonchev–Trinajstić information content (AvgIpc) is 2.67. The van der Waals surface area contributed by atoms with E-state index in [9.17, 15) is 0 Å². The first-order valence-corrected chi connectivity index (χ1v) is 8.01. The van der Waals surface area contributed by atoms with E-state index >= 15 is 0 Å². The van der Waals surface area contributed by atoms with Crippen molar-refractivity contribution in [3.05, 3.63) is 17.6 Å². The fraction of sp³-hybridized carbons (Fsp3) is 0.733. The summed E-state index contributed by atoms with van der Waals surface area (Å²) >= 11 is 6.44. The fourth-order valence-electron chi connectivity index (χ4n) is 3.25. The molecular weight excluding hydrogens is 258 g/mol. The van der Waals surface area contributed by atoms with E-state index in [1.165, 1.54) is 43.4 Å². The molecule has 0 radical (unpaired) electrons. The lowest BCUT2D eigenvalue weighted by Crippen LogP contribution is -2.33. The third-order valence-corrected chi connectivity index (χ3v) is 4.90. The van der Waals surface area contributed by atoms with Crippen LogP contribution in [-0.2, 0) is 12.8 Å². The van der Waals surface area contributed by atoms with E-state index in [4.69, 9.17) is 11.6 Å². The first-order chi connectivity index (χ1) is 9.34. The molecule has 0 aliphatic heterocycles. The van der Waals surface area contributed by atoms with E-state index in [0.29, 0.717) is 6.04 Å². The van der Waals surface area contributed by atoms with Crippen molar-refractivity contribution >= 4 is 17.4 Å². The SMILES string of the molecule is ClC1CCCCC1Nc1ncnc2c1CCCCC2. The monoisotopic (exact) mass is 279 g/mol. The van der Waals surface area contributed by atoms with Crippen LogP contribution >= 0.6 is 11.6 Å². The predicted molar refractivity (Wildman–Crippen MR) is 78.8 cm³/mol. The van der Waals surface area contributed by atoms with Crippen LogP contribution in [0, 0.1) is 0 Å². The number of rotatable bonds is 2. The molecule has 1 aromatic rings. The number of aryl methyl sites for hydroxylation is 1. The zero-order valence-corrected chi connectivity index (χ0v) is 12.1. The molecule has 104 valence electrons. The highest BCUT2D eigenvalue weighted by Crippen LogP contribution is 2.29. The maximum atomic E-state index is 6.44. The number of nitrogens with one attached hydrogen (secondary N) is 1. The van der Waals surface area contributed by atoms with Crippen LogP contribution in [0.15, 0.2) is 6.33 Å². The summed E-state index contributed by atoms with van der Waals surface area (Å²) in [5.74, 6) is 1.05. The highest BCUT2D eigenvalue weighted by atomic mass is 35.5. The van der Waals surface area contributed by atoms with E-state index in [2.05, 4.69) is 15.3 Å². The highest BCUT2D eigenvalue weighted by Gasteiger charge is 2.25. The topological polar surface area (TPSA) is 37.8 Å². The van der Waals surface area contributed by atoms with Gasteiger partial charge in [-0.3, -0.25) is 0 Å². The van der Waals surface area contributed by atoms with E-state index in [1.807, 2.05) is 0 Å². The van der Waals surface area contributed by atoms with Crippen molar-refractivity contribution in [2.75, 3.05) is 5.32 Å². The molecule has 19 heavy (non-hydrogen) atoms. The van der Waals surface area contributed by atoms with Gasteiger partial charge in [0, 0.05) is 17.3 Å². The van der Waals surface area contributed by atoms with Crippen LogP contribution in [0.3, 0.4) is 0 Å². The van der Waals surface area contributed by atoms with Gasteiger partial charge in [-0.15, -0.1) is 11.6 Å². The first kappa shape index (κ1) is 13.2. The Bertz CT molecular complexity index is 435. The van der Waals surface area contributed by atoms with E-state index in [-0.39, 0.29) is 5.38 Å². The van der Waals surface area contributed by atoms with Crippen LogP contribution in [-0.4, -0.2) is 21.4 Å². The zero-order valence-electron chi connectivity index (χ0n) is 11.4. The number of hydrogen-bond acceptors (Lipinski definition) is 3. The largest absolute Gasteiger partial charge is 0.366 e. The van der Waals surface area contributed by atoms with Gasteiger partial charge in [0.2, 0.25) is 0 Å². The van der Waals surface area contributed by atoms with E-state index < -0.39 is 0 Å². The minimum Gasteiger partial charge on any atom is -0.366 e. The normalized spacial score (nSPS) is 27.4. The van der Waals surface area contributed by atoms with Gasteiger partial charge in [-0.1, -0.05) is 19.3 Å². The second kappa shape index (κ2) is 6.08. The molecule has 0 bridgehead atoms. The Morgan fingerprint density at radius 1 is 1.00 bits per heavy atom. The molecule has 1 heterocycles. The molecule has 1 aromatic heterocycles. The quantitative estimate of drug-likeness (QED) is 0.662. The lowest BCUT2D eigenvalue weighted by molar-refractivity contribution is 0.468. The third-order valence-electron chi connectivity index (χ3n) is 4.38. The minimum atomic E-state index is 0.241. The van der Waals surface area contributed by atoms with Gasteiger partial charge in [-0.25, -0.2) is 9.97 Å². The Labute approximate surface area is 120 Å². The summed E-state index contributed by atoms with van der Waals surface area (Å²) in [4.78, 5) is 8.95. The zero-order chi connectivity index (χ0) is 13.1. The first-order valence-electron chi connectivity index (χ1n) is 7.58. The molecular formula is C15H22ClN3. The number of nitrogens with zero attached hydrogens (tertiary/aromatic N) is 2. The number of anilines is 1. The van der Waals surface area contributed by atoms with Gasteiger partial charge in [-0.2, -0.15) is 0 Å². The van der Waals surface area contributed by atoms with E-state index in [0.717, 1.165) is 31.5 Å². The van der Waals surface area contributed by atoms with Crippen LogP contribution in [0.5, 0.6) is 0 Å². The summed E-state index contributed by atoms with van der Waals surface area (Å²) in [5.41, 5.74) is 2.59. The Kier molecular flexibility index (Phi) is 4.21. The number of alkyl halides is 1. The molecule has 2 atom stereocenters. The average molecular weight is 280 g/mol. The molecule has 0 aromatic carbocycles. The summed E-state index contributed by atoms with van der Waals surface area (Å²) in [6, 6.07) is 0.373. The van der Waals surface area contributed by atoms with Crippen LogP contribution in [0.25, 0.3) is 0 Å². The third kappa shape index (κ3) is 3.02. The maximum Gasteiger partial charge on any atom is 0.133 e. The molecule has 2 aliphatic carbocycles. The van der Waals surface area contributed by atoms with E-state index in [1.54, 1.807) is 6.33 Å². The Balaban J connectivity index is 1.80. The van der Waals surface area contributed by atoms with Crippen LogP contribution in [0.4, 0.5) is 5.82 Å². The van der Waals surface area contributed by atoms with Crippen molar-refractivity contribution in [3.8, 4) is 0 Å². The van der Waals surface area contributed by atoms with Gasteiger partial charge in [-0.05, 0) is 38.5 Å². The molecule has 1 N–H and O–H groups in total. The number of hydrogen-bond donors (Lipinski definition) is 1. The van der Waals surface area contributed by atoms with Gasteiger partial charge in [0.15, 0.2) is 0 Å². The minimum absolute atomic E-state index is 0.241. The molecule has 0 amide bonds. The number of aromatic nitrogens is 2. The lowest BCUT2D eigenvalue weighted by Gasteiger charge is -2.29. The van der Waals surface area contributed by atoms with Crippen LogP contribution in [0.2, 0.25) is 0 Å². The highest BCUT2D eigenvalue weighted by molar-refractivity contribution is 6.21. The Morgan fingerprint density at radius 2 is 1.84 bits per heavy atom. The summed E-state index contributed by atoms with van der Waals surface area (Å²) in [6.07, 6.45) is 12.5. The molecule has 1 saturated carbocycles.